The second-order valence-corrected chi connectivity index (χ2v) is 14.8. The second kappa shape index (κ2) is 21.3. The molecule has 8 N–H and O–H groups in total. The van der Waals surface area contributed by atoms with Gasteiger partial charge in [-0.15, -0.1) is 0 Å². The van der Waals surface area contributed by atoms with Gasteiger partial charge >= 0.3 is 0 Å². The van der Waals surface area contributed by atoms with Crippen molar-refractivity contribution in [1.82, 2.24) is 14.9 Å². The number of benzene rings is 4. The number of nitrogen functional groups attached to an aromatic ring is 1. The van der Waals surface area contributed by atoms with Crippen molar-refractivity contribution in [3.05, 3.63) is 165 Å². The number of aromatic nitrogens is 2. The van der Waals surface area contributed by atoms with Crippen molar-refractivity contribution in [2.45, 2.75) is 12.8 Å². The molecule has 0 radical (unpaired) electrons. The van der Waals surface area contributed by atoms with Gasteiger partial charge in [-0.1, -0.05) is 59.6 Å². The van der Waals surface area contributed by atoms with Crippen LogP contribution in [0.3, 0.4) is 0 Å². The van der Waals surface area contributed by atoms with Crippen LogP contribution in [-0.4, -0.2) is 77.5 Å². The first kappa shape index (κ1) is 45.7. The Labute approximate surface area is 378 Å². The molecule has 1 saturated heterocycles. The Balaban J connectivity index is 0.000000214. The van der Waals surface area contributed by atoms with Crippen LogP contribution in [0.5, 0.6) is 11.5 Å². The molecule has 2 aromatic heterocycles. The lowest BCUT2D eigenvalue weighted by molar-refractivity contribution is 0.101. The van der Waals surface area contributed by atoms with Crippen molar-refractivity contribution >= 4 is 81.5 Å². The minimum atomic E-state index is -0.481. The lowest BCUT2D eigenvalue weighted by Crippen LogP contribution is -2.27. The third kappa shape index (κ3) is 11.5. The number of amidine groups is 2. The molecule has 16 nitrogen and oxygen atoms in total. The number of carbonyl (C=O) groups is 4. The molecule has 7 rings (SSSR count). The third-order valence-electron chi connectivity index (χ3n) is 9.70. The van der Waals surface area contributed by atoms with E-state index in [9.17, 15) is 19.2 Å². The Bertz CT molecular complexity index is 2680. The number of hydrogen-bond donors (Lipinski definition) is 7. The van der Waals surface area contributed by atoms with Crippen molar-refractivity contribution in [1.29, 1.82) is 10.8 Å². The average Bonchev–Trinajstić information content (AvgIpc) is 3.86. The first-order valence-electron chi connectivity index (χ1n) is 19.6. The van der Waals surface area contributed by atoms with E-state index in [0.717, 1.165) is 31.5 Å². The van der Waals surface area contributed by atoms with E-state index in [4.69, 9.17) is 49.2 Å². The van der Waals surface area contributed by atoms with Crippen molar-refractivity contribution in [3.63, 3.8) is 0 Å². The smallest absolute Gasteiger partial charge is 0.259 e. The Morgan fingerprint density at radius 1 is 0.562 bits per heavy atom. The van der Waals surface area contributed by atoms with E-state index in [2.05, 4.69) is 31.2 Å². The maximum absolute atomic E-state index is 13.0. The number of rotatable bonds is 12. The number of nitrogens with two attached hydrogens (primary N) is 1. The van der Waals surface area contributed by atoms with E-state index in [0.29, 0.717) is 55.7 Å². The molecule has 4 amide bonds. The summed E-state index contributed by atoms with van der Waals surface area (Å²) in [6.07, 6.45) is 5.02. The fourth-order valence-corrected chi connectivity index (χ4v) is 6.60. The van der Waals surface area contributed by atoms with Crippen LogP contribution in [0.15, 0.2) is 122 Å². The van der Waals surface area contributed by atoms with Gasteiger partial charge in [0.15, 0.2) is 0 Å². The standard InChI is InChI=1S/C25H24ClN5O3.C21H18ClN5O3/c1-34-20-6-4-5-19(25(33)29-21-12-11-18(26)15-28-21)22(20)30-24(32)17-9-7-16(8-10-17)23(27)31-13-2-3-14-31;1-30-16-4-2-3-15(21(29)26-17-10-9-14(22)11-25-17)18(16)27-20(28)13-7-5-12(6-8-13)19(23)24/h4-12,15,27H,2-3,13-14H2,1H3,(H,30,32)(H,28,29,33);2-11H,1H3,(H3,23,24)(H,27,28)(H,25,26,29). The molecule has 4 aromatic carbocycles. The van der Waals surface area contributed by atoms with E-state index in [-0.39, 0.29) is 28.3 Å². The van der Waals surface area contributed by atoms with Crippen LogP contribution >= 0.6 is 23.2 Å². The van der Waals surface area contributed by atoms with Gasteiger partial charge in [0.25, 0.3) is 23.6 Å². The summed E-state index contributed by atoms with van der Waals surface area (Å²) in [6.45, 7) is 1.76. The quantitative estimate of drug-likeness (QED) is 0.0459. The van der Waals surface area contributed by atoms with Crippen LogP contribution in [0.25, 0.3) is 0 Å². The van der Waals surface area contributed by atoms with Crippen LogP contribution in [0.1, 0.15) is 65.4 Å². The van der Waals surface area contributed by atoms with Crippen molar-refractivity contribution in [2.75, 3.05) is 48.6 Å². The molecular formula is C46H42Cl2N10O6. The summed E-state index contributed by atoms with van der Waals surface area (Å²) in [4.78, 5) is 61.6. The maximum atomic E-state index is 13.0. The molecule has 3 heterocycles. The highest BCUT2D eigenvalue weighted by molar-refractivity contribution is 6.30. The molecule has 0 unspecified atom stereocenters. The molecular weight excluding hydrogens is 859 g/mol. The lowest BCUT2D eigenvalue weighted by Gasteiger charge is -2.18. The normalized spacial score (nSPS) is 11.6. The molecule has 1 aliphatic rings. The van der Waals surface area contributed by atoms with Crippen LogP contribution in [-0.2, 0) is 0 Å². The van der Waals surface area contributed by atoms with Crippen molar-refractivity contribution in [3.8, 4) is 11.5 Å². The van der Waals surface area contributed by atoms with Crippen molar-refractivity contribution in [2.24, 2.45) is 5.73 Å². The highest BCUT2D eigenvalue weighted by Gasteiger charge is 2.22. The highest BCUT2D eigenvalue weighted by Crippen LogP contribution is 2.31. The minimum Gasteiger partial charge on any atom is -0.495 e. The molecule has 1 fully saturated rings. The predicted molar refractivity (Wildman–Crippen MR) is 248 cm³/mol. The minimum absolute atomic E-state index is 0.0959. The van der Waals surface area contributed by atoms with E-state index in [1.54, 1.807) is 109 Å². The monoisotopic (exact) mass is 900 g/mol. The van der Waals surface area contributed by atoms with Gasteiger partial charge in [0.1, 0.15) is 34.8 Å². The molecule has 0 aliphatic carbocycles. The molecule has 64 heavy (non-hydrogen) atoms. The number of nitrogens with one attached hydrogen (secondary N) is 6. The molecule has 6 aromatic rings. The zero-order valence-electron chi connectivity index (χ0n) is 34.5. The number of nitrogens with zero attached hydrogens (tertiary/aromatic N) is 3. The number of amides is 4. The second-order valence-electron chi connectivity index (χ2n) is 13.9. The first-order valence-corrected chi connectivity index (χ1v) is 20.3. The molecule has 0 saturated carbocycles. The summed E-state index contributed by atoms with van der Waals surface area (Å²) < 4.78 is 10.7. The van der Waals surface area contributed by atoms with Gasteiger partial charge in [0, 0.05) is 47.7 Å². The highest BCUT2D eigenvalue weighted by atomic mass is 35.5. The van der Waals surface area contributed by atoms with Gasteiger partial charge in [-0.25, -0.2) is 9.97 Å². The number of methoxy groups -OCH3 is 2. The van der Waals surface area contributed by atoms with Gasteiger partial charge < -0.3 is 41.4 Å². The summed E-state index contributed by atoms with van der Waals surface area (Å²) in [7, 11) is 2.90. The lowest BCUT2D eigenvalue weighted by atomic mass is 10.1. The summed E-state index contributed by atoms with van der Waals surface area (Å²) >= 11 is 11.7. The Morgan fingerprint density at radius 2 is 0.969 bits per heavy atom. The van der Waals surface area contributed by atoms with Gasteiger partial charge in [-0.2, -0.15) is 0 Å². The fraction of sp³-hybridized carbons (Fsp3) is 0.130. The summed E-state index contributed by atoms with van der Waals surface area (Å²) in [6, 6.07) is 29.2. The van der Waals surface area contributed by atoms with Crippen LogP contribution in [0.4, 0.5) is 23.0 Å². The molecule has 326 valence electrons. The molecule has 0 atom stereocenters. The van der Waals surface area contributed by atoms with Crippen LogP contribution < -0.4 is 36.5 Å². The molecule has 0 spiro atoms. The molecule has 18 heteroatoms. The molecule has 0 bridgehead atoms. The number of halogens is 2. The largest absolute Gasteiger partial charge is 0.495 e. The Morgan fingerprint density at radius 3 is 1.34 bits per heavy atom. The average molecular weight is 902 g/mol. The summed E-state index contributed by atoms with van der Waals surface area (Å²) in [5, 5.41) is 27.6. The number of carbonyl (C=O) groups excluding carboxylic acids is 4. The van der Waals surface area contributed by atoms with Gasteiger partial charge in [0.05, 0.1) is 46.8 Å². The Hall–Kier alpha value is -7.82. The van der Waals surface area contributed by atoms with Gasteiger partial charge in [-0.05, 0) is 85.6 Å². The summed E-state index contributed by atoms with van der Waals surface area (Å²) in [5.74, 6) is -0.127. The Kier molecular flexibility index (Phi) is 15.2. The number of para-hydroxylation sites is 2. The third-order valence-corrected chi connectivity index (χ3v) is 10.1. The first-order chi connectivity index (χ1) is 30.8. The summed E-state index contributed by atoms with van der Waals surface area (Å²) in [5.41, 5.74) is 8.29. The topological polar surface area (TPSA) is 238 Å². The number of pyridine rings is 2. The van der Waals surface area contributed by atoms with E-state index >= 15 is 0 Å². The maximum Gasteiger partial charge on any atom is 0.259 e. The number of likely N-dealkylation sites (tertiary alicyclic amines) is 1. The predicted octanol–water partition coefficient (Wildman–Crippen LogP) is 8.20. The fourth-order valence-electron chi connectivity index (χ4n) is 6.38. The SMILES string of the molecule is COc1cccc(C(=O)Nc2ccc(Cl)cn2)c1NC(=O)c1ccc(C(=N)N)cc1.COc1cccc(C(=O)Nc2ccc(Cl)cn2)c1NC(=O)c1ccc(C(=N)N2CCCC2)cc1. The van der Waals surface area contributed by atoms with E-state index < -0.39 is 23.6 Å². The number of anilines is 4. The zero-order valence-corrected chi connectivity index (χ0v) is 36.0. The van der Waals surface area contributed by atoms with Gasteiger partial charge in [0.2, 0.25) is 0 Å². The number of ether oxygens (including phenoxy) is 2. The van der Waals surface area contributed by atoms with E-state index in [1.807, 2.05) is 4.90 Å². The van der Waals surface area contributed by atoms with Gasteiger partial charge in [-0.3, -0.25) is 30.0 Å². The molecule has 1 aliphatic heterocycles. The number of hydrogen-bond acceptors (Lipinski definition) is 10. The van der Waals surface area contributed by atoms with E-state index in [1.165, 1.54) is 26.6 Å². The zero-order chi connectivity index (χ0) is 45.8. The van der Waals surface area contributed by atoms with Crippen LogP contribution in [0.2, 0.25) is 10.0 Å². The van der Waals surface area contributed by atoms with Crippen molar-refractivity contribution < 1.29 is 28.7 Å². The van der Waals surface area contributed by atoms with Crippen LogP contribution in [0, 0.1) is 10.8 Å².